The number of hydrogen-bond donors (Lipinski definition) is 2. The molecule has 1 aliphatic heterocycles. The van der Waals surface area contributed by atoms with Gasteiger partial charge in [-0.15, -0.1) is 0 Å². The molecule has 0 saturated carbocycles. The van der Waals surface area contributed by atoms with Crippen molar-refractivity contribution in [1.29, 1.82) is 0 Å². The molecule has 0 aromatic carbocycles. The maximum Gasteiger partial charge on any atom is 0.0221 e. The predicted molar refractivity (Wildman–Crippen MR) is 57.0 cm³/mol. The molecule has 0 spiro atoms. The third-order valence-corrected chi connectivity index (χ3v) is 3.12. The van der Waals surface area contributed by atoms with Crippen LogP contribution in [0.3, 0.4) is 0 Å². The van der Waals surface area contributed by atoms with Gasteiger partial charge in [0.15, 0.2) is 0 Å². The van der Waals surface area contributed by atoms with Crippen LogP contribution in [0.25, 0.3) is 0 Å². The molecule has 3 heteroatoms. The van der Waals surface area contributed by atoms with Crippen LogP contribution in [0.1, 0.15) is 20.3 Å². The molecule has 0 aromatic heterocycles. The van der Waals surface area contributed by atoms with E-state index < -0.39 is 0 Å². The third kappa shape index (κ3) is 2.93. The Morgan fingerprint density at radius 3 is 2.46 bits per heavy atom. The lowest BCUT2D eigenvalue weighted by molar-refractivity contribution is 0.151. The van der Waals surface area contributed by atoms with Gasteiger partial charge in [-0.1, -0.05) is 6.92 Å². The van der Waals surface area contributed by atoms with Crippen molar-refractivity contribution in [1.82, 2.24) is 15.5 Å². The van der Waals surface area contributed by atoms with Crippen LogP contribution in [0.4, 0.5) is 0 Å². The Kier molecular flexibility index (Phi) is 4.70. The first-order chi connectivity index (χ1) is 6.29. The second kappa shape index (κ2) is 5.58. The molecule has 2 unspecified atom stereocenters. The zero-order valence-electron chi connectivity index (χ0n) is 9.14. The van der Waals surface area contributed by atoms with E-state index in [1.54, 1.807) is 0 Å². The fourth-order valence-corrected chi connectivity index (χ4v) is 2.13. The van der Waals surface area contributed by atoms with Crippen LogP contribution >= 0.6 is 0 Å². The molecule has 0 amide bonds. The Morgan fingerprint density at radius 2 is 2.00 bits per heavy atom. The van der Waals surface area contributed by atoms with Gasteiger partial charge in [0, 0.05) is 38.3 Å². The van der Waals surface area contributed by atoms with Crippen molar-refractivity contribution < 1.29 is 0 Å². The molecular weight excluding hydrogens is 162 g/mol. The molecule has 3 nitrogen and oxygen atoms in total. The van der Waals surface area contributed by atoms with E-state index in [9.17, 15) is 0 Å². The quantitative estimate of drug-likeness (QED) is 0.659. The molecule has 2 atom stereocenters. The molecule has 0 aromatic rings. The Morgan fingerprint density at radius 1 is 1.38 bits per heavy atom. The highest BCUT2D eigenvalue weighted by Crippen LogP contribution is 2.07. The molecular formula is C10H23N3. The summed E-state index contributed by atoms with van der Waals surface area (Å²) in [7, 11) is 2.06. The maximum atomic E-state index is 3.39. The molecule has 2 N–H and O–H groups in total. The molecule has 0 bridgehead atoms. The van der Waals surface area contributed by atoms with Gasteiger partial charge in [-0.3, -0.25) is 4.90 Å². The van der Waals surface area contributed by atoms with Gasteiger partial charge in [0.1, 0.15) is 0 Å². The molecule has 0 radical (unpaired) electrons. The van der Waals surface area contributed by atoms with Gasteiger partial charge in [-0.2, -0.15) is 0 Å². The Labute approximate surface area is 81.9 Å². The first kappa shape index (κ1) is 11.0. The summed E-state index contributed by atoms with van der Waals surface area (Å²) in [6.45, 7) is 9.25. The summed E-state index contributed by atoms with van der Waals surface area (Å²) in [5.74, 6) is 0. The number of hydrogen-bond acceptors (Lipinski definition) is 3. The lowest BCUT2D eigenvalue weighted by atomic mass is 10.1. The van der Waals surface area contributed by atoms with E-state index in [1.165, 1.54) is 19.5 Å². The number of piperazine rings is 1. The first-order valence-corrected chi connectivity index (χ1v) is 5.41. The van der Waals surface area contributed by atoms with Crippen molar-refractivity contribution in [3.05, 3.63) is 0 Å². The van der Waals surface area contributed by atoms with Gasteiger partial charge in [-0.25, -0.2) is 0 Å². The van der Waals surface area contributed by atoms with Gasteiger partial charge in [0.25, 0.3) is 0 Å². The van der Waals surface area contributed by atoms with Gasteiger partial charge in [0.2, 0.25) is 0 Å². The molecule has 1 aliphatic rings. The minimum atomic E-state index is 0.637. The highest BCUT2D eigenvalue weighted by atomic mass is 15.2. The lowest BCUT2D eigenvalue weighted by Crippen LogP contribution is -2.53. The summed E-state index contributed by atoms with van der Waals surface area (Å²) < 4.78 is 0. The fraction of sp³-hybridized carbons (Fsp3) is 1.00. The van der Waals surface area contributed by atoms with Crippen molar-refractivity contribution in [2.75, 3.05) is 33.2 Å². The number of rotatable bonds is 4. The third-order valence-electron chi connectivity index (χ3n) is 3.12. The zero-order chi connectivity index (χ0) is 9.68. The molecule has 1 rings (SSSR count). The van der Waals surface area contributed by atoms with E-state index in [0.717, 1.165) is 13.1 Å². The van der Waals surface area contributed by atoms with Crippen molar-refractivity contribution >= 4 is 0 Å². The van der Waals surface area contributed by atoms with E-state index in [0.29, 0.717) is 12.1 Å². The second-order valence-electron chi connectivity index (χ2n) is 3.83. The average molecular weight is 185 g/mol. The van der Waals surface area contributed by atoms with Crippen molar-refractivity contribution in [3.63, 3.8) is 0 Å². The smallest absolute Gasteiger partial charge is 0.0221 e. The van der Waals surface area contributed by atoms with Crippen LogP contribution in [-0.4, -0.2) is 50.2 Å². The standard InChI is InChI=1S/C10H23N3/c1-4-10(11-3)9(2)13-7-5-12-6-8-13/h9-12H,4-8H2,1-3H3. The SMILES string of the molecule is CCC(NC)C(C)N1CCNCC1. The van der Waals surface area contributed by atoms with Gasteiger partial charge < -0.3 is 10.6 Å². The van der Waals surface area contributed by atoms with Crippen LogP contribution in [0.15, 0.2) is 0 Å². The van der Waals surface area contributed by atoms with Crippen molar-refractivity contribution in [2.45, 2.75) is 32.4 Å². The summed E-state index contributed by atoms with van der Waals surface area (Å²) in [4.78, 5) is 2.57. The monoisotopic (exact) mass is 185 g/mol. The van der Waals surface area contributed by atoms with Crippen LogP contribution in [0, 0.1) is 0 Å². The van der Waals surface area contributed by atoms with Crippen molar-refractivity contribution in [3.8, 4) is 0 Å². The Balaban J connectivity index is 2.38. The molecule has 1 saturated heterocycles. The van der Waals surface area contributed by atoms with Gasteiger partial charge in [-0.05, 0) is 20.4 Å². The largest absolute Gasteiger partial charge is 0.315 e. The van der Waals surface area contributed by atoms with E-state index in [2.05, 4.69) is 36.4 Å². The molecule has 0 aliphatic carbocycles. The van der Waals surface area contributed by atoms with Crippen LogP contribution in [0.5, 0.6) is 0 Å². The van der Waals surface area contributed by atoms with E-state index in [-0.39, 0.29) is 0 Å². The molecule has 1 fully saturated rings. The second-order valence-corrected chi connectivity index (χ2v) is 3.83. The number of nitrogens with one attached hydrogen (secondary N) is 2. The Hall–Kier alpha value is -0.120. The van der Waals surface area contributed by atoms with Crippen LogP contribution in [0.2, 0.25) is 0 Å². The lowest BCUT2D eigenvalue weighted by Gasteiger charge is -2.37. The van der Waals surface area contributed by atoms with E-state index >= 15 is 0 Å². The number of likely N-dealkylation sites (N-methyl/N-ethyl adjacent to an activating group) is 1. The van der Waals surface area contributed by atoms with E-state index in [4.69, 9.17) is 0 Å². The molecule has 13 heavy (non-hydrogen) atoms. The van der Waals surface area contributed by atoms with Crippen LogP contribution < -0.4 is 10.6 Å². The summed E-state index contributed by atoms with van der Waals surface area (Å²) >= 11 is 0. The first-order valence-electron chi connectivity index (χ1n) is 5.41. The fourth-order valence-electron chi connectivity index (χ4n) is 2.13. The molecule has 1 heterocycles. The average Bonchev–Trinajstić information content (AvgIpc) is 2.21. The zero-order valence-corrected chi connectivity index (χ0v) is 9.14. The summed E-state index contributed by atoms with van der Waals surface area (Å²) in [5, 5.41) is 6.77. The maximum absolute atomic E-state index is 3.39. The molecule has 78 valence electrons. The summed E-state index contributed by atoms with van der Waals surface area (Å²) in [6.07, 6.45) is 1.21. The highest BCUT2D eigenvalue weighted by molar-refractivity contribution is 4.81. The van der Waals surface area contributed by atoms with Crippen LogP contribution in [-0.2, 0) is 0 Å². The summed E-state index contributed by atoms with van der Waals surface area (Å²) in [6, 6.07) is 1.30. The number of nitrogens with zero attached hydrogens (tertiary/aromatic N) is 1. The minimum Gasteiger partial charge on any atom is -0.315 e. The van der Waals surface area contributed by atoms with Gasteiger partial charge in [0.05, 0.1) is 0 Å². The van der Waals surface area contributed by atoms with Gasteiger partial charge >= 0.3 is 0 Å². The van der Waals surface area contributed by atoms with E-state index in [1.807, 2.05) is 0 Å². The predicted octanol–water partition coefficient (Wildman–Crippen LogP) is 0.278. The summed E-state index contributed by atoms with van der Waals surface area (Å²) in [5.41, 5.74) is 0. The normalized spacial score (nSPS) is 24.2. The minimum absolute atomic E-state index is 0.637. The van der Waals surface area contributed by atoms with Crippen molar-refractivity contribution in [2.24, 2.45) is 0 Å². The highest BCUT2D eigenvalue weighted by Gasteiger charge is 2.21. The Bertz CT molecular complexity index is 128. The topological polar surface area (TPSA) is 27.3 Å².